The van der Waals surface area contributed by atoms with E-state index in [2.05, 4.69) is 91.7 Å². The van der Waals surface area contributed by atoms with E-state index >= 15 is 0 Å². The van der Waals surface area contributed by atoms with Gasteiger partial charge in [0, 0.05) is 24.1 Å². The van der Waals surface area contributed by atoms with Crippen molar-refractivity contribution in [2.75, 3.05) is 11.4 Å². The van der Waals surface area contributed by atoms with Gasteiger partial charge < -0.3 is 10.2 Å². The average Bonchev–Trinajstić information content (AvgIpc) is 2.85. The summed E-state index contributed by atoms with van der Waals surface area (Å²) in [5.41, 5.74) is 4.25. The van der Waals surface area contributed by atoms with Crippen molar-refractivity contribution >= 4 is 17.7 Å². The molecule has 1 amide bonds. The minimum Gasteiger partial charge on any atom is -0.344 e. The van der Waals surface area contributed by atoms with Crippen LogP contribution in [0.1, 0.15) is 43.9 Å². The fraction of sp³-hybridized carbons (Fsp3) is 0.348. The maximum absolute atomic E-state index is 12.4. The van der Waals surface area contributed by atoms with E-state index < -0.39 is 5.66 Å². The summed E-state index contributed by atoms with van der Waals surface area (Å²) in [5, 5.41) is 3.32. The molecule has 1 N–H and O–H groups in total. The summed E-state index contributed by atoms with van der Waals surface area (Å²) in [6.45, 7) is 7.35. The molecule has 0 saturated carbocycles. The number of fused-ring (bicyclic) bond motifs is 3. The number of carbonyl (C=O) groups excluding carboxylic acids is 1. The van der Waals surface area contributed by atoms with Crippen LogP contribution in [-0.4, -0.2) is 18.1 Å². The minimum absolute atomic E-state index is 0.119. The molecular formula is C23H26N2O. The SMILES string of the molecule is CCc1ccc(/C=C/[C@]23NC(=O)CCN2c2ccccc2C3(C)C)cc1. The van der Waals surface area contributed by atoms with E-state index in [1.165, 1.54) is 16.8 Å². The van der Waals surface area contributed by atoms with Gasteiger partial charge >= 0.3 is 0 Å². The van der Waals surface area contributed by atoms with Gasteiger partial charge in [0.2, 0.25) is 5.91 Å². The number of nitrogens with zero attached hydrogens (tertiary/aromatic N) is 1. The Morgan fingerprint density at radius 1 is 1.12 bits per heavy atom. The predicted octanol–water partition coefficient (Wildman–Crippen LogP) is 4.28. The zero-order valence-electron chi connectivity index (χ0n) is 15.8. The highest BCUT2D eigenvalue weighted by Gasteiger charge is 2.57. The molecule has 1 atom stereocenters. The Balaban J connectivity index is 1.79. The summed E-state index contributed by atoms with van der Waals surface area (Å²) >= 11 is 0. The molecule has 2 heterocycles. The molecule has 4 rings (SSSR count). The molecule has 134 valence electrons. The first-order chi connectivity index (χ1) is 12.5. The summed E-state index contributed by atoms with van der Waals surface area (Å²) in [7, 11) is 0. The van der Waals surface area contributed by atoms with Gasteiger partial charge in [-0.15, -0.1) is 0 Å². The Kier molecular flexibility index (Phi) is 3.91. The van der Waals surface area contributed by atoms with Gasteiger partial charge in [-0.1, -0.05) is 69.3 Å². The van der Waals surface area contributed by atoms with Crippen LogP contribution in [0.5, 0.6) is 0 Å². The van der Waals surface area contributed by atoms with Gasteiger partial charge in [-0.05, 0) is 35.3 Å². The lowest BCUT2D eigenvalue weighted by Gasteiger charge is -2.49. The maximum atomic E-state index is 12.4. The van der Waals surface area contributed by atoms with Gasteiger partial charge in [-0.3, -0.25) is 4.79 Å². The first-order valence-electron chi connectivity index (χ1n) is 9.44. The molecule has 2 aromatic rings. The Morgan fingerprint density at radius 2 is 1.85 bits per heavy atom. The third kappa shape index (κ3) is 2.38. The highest BCUT2D eigenvalue weighted by Crippen LogP contribution is 2.52. The Labute approximate surface area is 155 Å². The largest absolute Gasteiger partial charge is 0.344 e. The van der Waals surface area contributed by atoms with Crippen molar-refractivity contribution in [3.8, 4) is 0 Å². The molecule has 0 aromatic heterocycles. The highest BCUT2D eigenvalue weighted by atomic mass is 16.2. The first-order valence-corrected chi connectivity index (χ1v) is 9.44. The monoisotopic (exact) mass is 346 g/mol. The molecule has 3 nitrogen and oxygen atoms in total. The van der Waals surface area contributed by atoms with Crippen molar-refractivity contribution in [2.45, 2.75) is 44.7 Å². The molecule has 0 aliphatic carbocycles. The fourth-order valence-corrected chi connectivity index (χ4v) is 4.40. The molecule has 0 unspecified atom stereocenters. The molecule has 26 heavy (non-hydrogen) atoms. The topological polar surface area (TPSA) is 32.3 Å². The van der Waals surface area contributed by atoms with Gasteiger partial charge in [0.05, 0.1) is 0 Å². The van der Waals surface area contributed by atoms with Crippen LogP contribution in [-0.2, 0) is 16.6 Å². The molecule has 0 spiro atoms. The van der Waals surface area contributed by atoms with E-state index in [9.17, 15) is 4.79 Å². The number of hydrogen-bond donors (Lipinski definition) is 1. The second-order valence-corrected chi connectivity index (χ2v) is 7.79. The van der Waals surface area contributed by atoms with E-state index in [1.54, 1.807) is 0 Å². The number of anilines is 1. The van der Waals surface area contributed by atoms with Crippen LogP contribution in [0.25, 0.3) is 6.08 Å². The molecule has 0 bridgehead atoms. The zero-order valence-corrected chi connectivity index (χ0v) is 15.8. The highest BCUT2D eigenvalue weighted by molar-refractivity contribution is 5.84. The number of rotatable bonds is 3. The van der Waals surface area contributed by atoms with Crippen LogP contribution < -0.4 is 10.2 Å². The van der Waals surface area contributed by atoms with E-state index in [0.717, 1.165) is 18.5 Å². The molecule has 2 aliphatic heterocycles. The lowest BCUT2D eigenvalue weighted by molar-refractivity contribution is -0.124. The summed E-state index contributed by atoms with van der Waals surface area (Å²) in [6.07, 6.45) is 5.90. The number of aryl methyl sites for hydroxylation is 1. The van der Waals surface area contributed by atoms with Gasteiger partial charge in [0.25, 0.3) is 0 Å². The summed E-state index contributed by atoms with van der Waals surface area (Å²) < 4.78 is 0. The van der Waals surface area contributed by atoms with Crippen molar-refractivity contribution in [3.05, 3.63) is 71.3 Å². The molecule has 2 aliphatic rings. The summed E-state index contributed by atoms with van der Waals surface area (Å²) in [5.74, 6) is 0.119. The third-order valence-electron chi connectivity index (χ3n) is 6.04. The van der Waals surface area contributed by atoms with Crippen LogP contribution >= 0.6 is 0 Å². The van der Waals surface area contributed by atoms with Crippen molar-refractivity contribution in [1.82, 2.24) is 5.32 Å². The molecule has 1 fully saturated rings. The van der Waals surface area contributed by atoms with Gasteiger partial charge in [-0.2, -0.15) is 0 Å². The standard InChI is InChI=1S/C23H26N2O/c1-4-17-9-11-18(12-10-17)13-15-23-22(2,3)19-7-5-6-8-20(19)25(23)16-14-21(26)24-23/h5-13,15H,4,14,16H2,1-3H3,(H,24,26)/b15-13+/t23-/m0/s1. The number of para-hydroxylation sites is 1. The Bertz CT molecular complexity index is 866. The molecular weight excluding hydrogens is 320 g/mol. The van der Waals surface area contributed by atoms with E-state index in [0.29, 0.717) is 6.42 Å². The fourth-order valence-electron chi connectivity index (χ4n) is 4.40. The van der Waals surface area contributed by atoms with Crippen molar-refractivity contribution in [3.63, 3.8) is 0 Å². The third-order valence-corrected chi connectivity index (χ3v) is 6.04. The second kappa shape index (κ2) is 6.01. The Morgan fingerprint density at radius 3 is 2.58 bits per heavy atom. The normalized spacial score (nSPS) is 23.7. The van der Waals surface area contributed by atoms with Crippen LogP contribution in [0.15, 0.2) is 54.6 Å². The van der Waals surface area contributed by atoms with Crippen LogP contribution in [0.4, 0.5) is 5.69 Å². The summed E-state index contributed by atoms with van der Waals surface area (Å²) in [6, 6.07) is 17.2. The number of nitrogens with one attached hydrogen (secondary N) is 1. The Hall–Kier alpha value is -2.55. The van der Waals surface area contributed by atoms with E-state index in [-0.39, 0.29) is 11.3 Å². The number of carbonyl (C=O) groups is 1. The predicted molar refractivity (Wildman–Crippen MR) is 107 cm³/mol. The van der Waals surface area contributed by atoms with Crippen LogP contribution in [0, 0.1) is 0 Å². The number of amides is 1. The number of hydrogen-bond acceptors (Lipinski definition) is 2. The van der Waals surface area contributed by atoms with E-state index in [1.807, 2.05) is 0 Å². The lowest BCUT2D eigenvalue weighted by Crippen LogP contribution is -2.68. The molecule has 2 aromatic carbocycles. The smallest absolute Gasteiger partial charge is 0.223 e. The number of benzene rings is 2. The zero-order chi connectivity index (χ0) is 18.4. The minimum atomic E-state index is -0.532. The second-order valence-electron chi connectivity index (χ2n) is 7.79. The lowest BCUT2D eigenvalue weighted by atomic mass is 9.74. The van der Waals surface area contributed by atoms with Gasteiger partial charge in [-0.25, -0.2) is 0 Å². The van der Waals surface area contributed by atoms with Crippen LogP contribution in [0.3, 0.4) is 0 Å². The van der Waals surface area contributed by atoms with Crippen LogP contribution in [0.2, 0.25) is 0 Å². The van der Waals surface area contributed by atoms with Crippen molar-refractivity contribution in [2.24, 2.45) is 0 Å². The first kappa shape index (κ1) is 16.9. The molecule has 0 radical (unpaired) electrons. The summed E-state index contributed by atoms with van der Waals surface area (Å²) in [4.78, 5) is 14.7. The quantitative estimate of drug-likeness (QED) is 0.900. The van der Waals surface area contributed by atoms with Crippen molar-refractivity contribution in [1.29, 1.82) is 0 Å². The van der Waals surface area contributed by atoms with Crippen molar-refractivity contribution < 1.29 is 4.79 Å². The van der Waals surface area contributed by atoms with Gasteiger partial charge in [0.1, 0.15) is 5.66 Å². The van der Waals surface area contributed by atoms with E-state index in [4.69, 9.17) is 0 Å². The molecule has 3 heteroatoms. The molecule has 1 saturated heterocycles. The van der Waals surface area contributed by atoms with Gasteiger partial charge in [0.15, 0.2) is 0 Å². The average molecular weight is 346 g/mol. The maximum Gasteiger partial charge on any atom is 0.223 e.